The molecule has 0 atom stereocenters. The van der Waals surface area contributed by atoms with E-state index in [4.69, 9.17) is 4.98 Å². The molecule has 8 rings (SSSR count). The molecule has 188 valence electrons. The van der Waals surface area contributed by atoms with E-state index in [-0.39, 0.29) is 0 Å². The van der Waals surface area contributed by atoms with Gasteiger partial charge in [-0.25, -0.2) is 4.98 Å². The van der Waals surface area contributed by atoms with E-state index in [1.807, 2.05) is 11.3 Å². The largest absolute Gasteiger partial charge is 0.292 e. The average Bonchev–Trinajstić information content (AvgIpc) is 3.61. The van der Waals surface area contributed by atoms with Crippen molar-refractivity contribution in [2.75, 3.05) is 0 Å². The molecule has 0 fully saturated rings. The number of thiophene rings is 1. The number of nitrogens with zero attached hydrogens (tertiary/aromatic N) is 2. The van der Waals surface area contributed by atoms with Crippen LogP contribution < -0.4 is 0 Å². The van der Waals surface area contributed by atoms with Crippen molar-refractivity contribution in [3.8, 4) is 39.3 Å². The summed E-state index contributed by atoms with van der Waals surface area (Å²) in [6.07, 6.45) is 0. The lowest BCUT2D eigenvalue weighted by Gasteiger charge is -2.11. The van der Waals surface area contributed by atoms with Crippen LogP contribution in [0.25, 0.3) is 70.5 Å². The molecular weight excluding hydrogens is 504 g/mol. The quantitative estimate of drug-likeness (QED) is 0.222. The second kappa shape index (κ2) is 9.33. The van der Waals surface area contributed by atoms with Crippen molar-refractivity contribution in [1.29, 1.82) is 0 Å². The first-order chi connectivity index (χ1) is 19.8. The highest BCUT2D eigenvalue weighted by molar-refractivity contribution is 7.26. The summed E-state index contributed by atoms with van der Waals surface area (Å²) in [7, 11) is 0. The van der Waals surface area contributed by atoms with Gasteiger partial charge in [-0.2, -0.15) is 0 Å². The summed E-state index contributed by atoms with van der Waals surface area (Å²) in [5.74, 6) is 0.948. The van der Waals surface area contributed by atoms with E-state index in [0.717, 1.165) is 28.1 Å². The zero-order valence-corrected chi connectivity index (χ0v) is 22.5. The molecule has 0 aliphatic carbocycles. The van der Waals surface area contributed by atoms with Crippen LogP contribution in [0.15, 0.2) is 146 Å². The molecule has 0 aliphatic rings. The molecule has 0 saturated carbocycles. The zero-order valence-electron chi connectivity index (χ0n) is 21.7. The van der Waals surface area contributed by atoms with Gasteiger partial charge in [0.05, 0.1) is 11.0 Å². The van der Waals surface area contributed by atoms with Gasteiger partial charge in [0.2, 0.25) is 0 Å². The minimum absolute atomic E-state index is 0.948. The van der Waals surface area contributed by atoms with Gasteiger partial charge < -0.3 is 0 Å². The van der Waals surface area contributed by atoms with Gasteiger partial charge >= 0.3 is 0 Å². The van der Waals surface area contributed by atoms with E-state index in [2.05, 4.69) is 150 Å². The number of rotatable bonds is 4. The topological polar surface area (TPSA) is 17.8 Å². The van der Waals surface area contributed by atoms with Gasteiger partial charge in [-0.1, -0.05) is 115 Å². The molecule has 0 radical (unpaired) electrons. The van der Waals surface area contributed by atoms with Gasteiger partial charge in [-0.3, -0.25) is 4.57 Å². The Morgan fingerprint density at radius 2 is 1.05 bits per heavy atom. The van der Waals surface area contributed by atoms with Crippen molar-refractivity contribution in [2.45, 2.75) is 0 Å². The summed E-state index contributed by atoms with van der Waals surface area (Å²) < 4.78 is 4.91. The molecular formula is C37H24N2S. The molecule has 0 spiro atoms. The van der Waals surface area contributed by atoms with Crippen LogP contribution in [0.4, 0.5) is 0 Å². The van der Waals surface area contributed by atoms with Crippen LogP contribution in [0.5, 0.6) is 0 Å². The van der Waals surface area contributed by atoms with Crippen LogP contribution in [-0.2, 0) is 0 Å². The third-order valence-electron chi connectivity index (χ3n) is 7.62. The van der Waals surface area contributed by atoms with Gasteiger partial charge in [0.25, 0.3) is 0 Å². The molecule has 2 nitrogen and oxygen atoms in total. The maximum atomic E-state index is 5.10. The smallest absolute Gasteiger partial charge is 0.145 e. The van der Waals surface area contributed by atoms with Crippen molar-refractivity contribution in [3.63, 3.8) is 0 Å². The fourth-order valence-corrected chi connectivity index (χ4v) is 7.15. The Morgan fingerprint density at radius 3 is 1.80 bits per heavy atom. The van der Waals surface area contributed by atoms with Crippen LogP contribution in [0.3, 0.4) is 0 Å². The van der Waals surface area contributed by atoms with Crippen LogP contribution in [0, 0.1) is 0 Å². The SMILES string of the molecule is c1ccc(-c2cccc3c2sc2c(-c4cccc(-c5nc6ccccc6n5-c5ccccc5)c4)cccc23)cc1. The lowest BCUT2D eigenvalue weighted by atomic mass is 9.99. The first-order valence-corrected chi connectivity index (χ1v) is 14.3. The molecule has 0 bridgehead atoms. The predicted molar refractivity (Wildman–Crippen MR) is 170 cm³/mol. The number of para-hydroxylation sites is 3. The summed E-state index contributed by atoms with van der Waals surface area (Å²) in [6, 6.07) is 51.7. The Kier molecular flexibility index (Phi) is 5.35. The second-order valence-corrected chi connectivity index (χ2v) is 11.0. The summed E-state index contributed by atoms with van der Waals surface area (Å²) in [5, 5.41) is 2.61. The van der Waals surface area contributed by atoms with Crippen molar-refractivity contribution in [2.24, 2.45) is 0 Å². The molecule has 0 aliphatic heterocycles. The highest BCUT2D eigenvalue weighted by Gasteiger charge is 2.17. The van der Waals surface area contributed by atoms with Gasteiger partial charge in [0, 0.05) is 31.4 Å². The van der Waals surface area contributed by atoms with Crippen molar-refractivity contribution in [3.05, 3.63) is 146 Å². The molecule has 0 saturated heterocycles. The van der Waals surface area contributed by atoms with Crippen LogP contribution in [-0.4, -0.2) is 9.55 Å². The molecule has 2 heterocycles. The fourth-order valence-electron chi connectivity index (χ4n) is 5.78. The minimum atomic E-state index is 0.948. The standard InChI is InChI=1S/C37H24N2S/c1-3-12-25(13-4-1)29-18-10-20-31-32-21-11-19-30(36(32)40-35(29)31)26-14-9-15-27(24-26)37-38-33-22-7-8-23-34(33)39(37)28-16-5-2-6-17-28/h1-24H. The number of fused-ring (bicyclic) bond motifs is 4. The first kappa shape index (κ1) is 22.9. The highest BCUT2D eigenvalue weighted by Crippen LogP contribution is 2.44. The lowest BCUT2D eigenvalue weighted by molar-refractivity contribution is 1.10. The molecule has 40 heavy (non-hydrogen) atoms. The van der Waals surface area contributed by atoms with Crippen molar-refractivity contribution < 1.29 is 0 Å². The zero-order chi connectivity index (χ0) is 26.5. The lowest BCUT2D eigenvalue weighted by Crippen LogP contribution is -1.97. The van der Waals surface area contributed by atoms with E-state index >= 15 is 0 Å². The Labute approximate surface area is 236 Å². The van der Waals surface area contributed by atoms with E-state index in [9.17, 15) is 0 Å². The van der Waals surface area contributed by atoms with E-state index in [0.29, 0.717) is 0 Å². The maximum absolute atomic E-state index is 5.10. The molecule has 2 aromatic heterocycles. The number of aromatic nitrogens is 2. The third kappa shape index (κ3) is 3.67. The number of hydrogen-bond donors (Lipinski definition) is 0. The monoisotopic (exact) mass is 528 g/mol. The van der Waals surface area contributed by atoms with E-state index in [1.165, 1.54) is 42.4 Å². The summed E-state index contributed by atoms with van der Waals surface area (Å²) >= 11 is 1.89. The van der Waals surface area contributed by atoms with Crippen molar-refractivity contribution >= 4 is 42.5 Å². The third-order valence-corrected chi connectivity index (χ3v) is 8.90. The van der Waals surface area contributed by atoms with Gasteiger partial charge in [-0.05, 0) is 52.6 Å². The predicted octanol–water partition coefficient (Wildman–Crippen LogP) is 10.4. The number of benzene rings is 6. The van der Waals surface area contributed by atoms with Crippen LogP contribution in [0.1, 0.15) is 0 Å². The van der Waals surface area contributed by atoms with Crippen LogP contribution in [0.2, 0.25) is 0 Å². The van der Waals surface area contributed by atoms with Crippen molar-refractivity contribution in [1.82, 2.24) is 9.55 Å². The number of hydrogen-bond acceptors (Lipinski definition) is 2. The molecule has 0 N–H and O–H groups in total. The summed E-state index contributed by atoms with van der Waals surface area (Å²) in [5.41, 5.74) is 9.29. The Morgan fingerprint density at radius 1 is 0.475 bits per heavy atom. The molecule has 6 aromatic carbocycles. The summed E-state index contributed by atoms with van der Waals surface area (Å²) in [4.78, 5) is 5.10. The van der Waals surface area contributed by atoms with E-state index in [1.54, 1.807) is 0 Å². The molecule has 0 amide bonds. The van der Waals surface area contributed by atoms with Gasteiger partial charge in [-0.15, -0.1) is 11.3 Å². The van der Waals surface area contributed by atoms with Crippen LogP contribution >= 0.6 is 11.3 Å². The fraction of sp³-hybridized carbons (Fsp3) is 0. The van der Waals surface area contributed by atoms with Gasteiger partial charge in [0.15, 0.2) is 0 Å². The Hall–Kier alpha value is -4.99. The molecule has 0 unspecified atom stereocenters. The second-order valence-electron chi connectivity index (χ2n) is 10.0. The maximum Gasteiger partial charge on any atom is 0.145 e. The number of imidazole rings is 1. The first-order valence-electron chi connectivity index (χ1n) is 13.5. The van der Waals surface area contributed by atoms with Gasteiger partial charge in [0.1, 0.15) is 5.82 Å². The highest BCUT2D eigenvalue weighted by atomic mass is 32.1. The molecule has 8 aromatic rings. The Bertz CT molecular complexity index is 2150. The molecule has 3 heteroatoms. The summed E-state index contributed by atoms with van der Waals surface area (Å²) in [6.45, 7) is 0. The normalized spacial score (nSPS) is 11.5. The van der Waals surface area contributed by atoms with E-state index < -0.39 is 0 Å². The average molecular weight is 529 g/mol. The minimum Gasteiger partial charge on any atom is -0.292 e. The Balaban J connectivity index is 1.33.